The summed E-state index contributed by atoms with van der Waals surface area (Å²) < 4.78 is 0. The van der Waals surface area contributed by atoms with E-state index in [1.807, 2.05) is 30.2 Å². The molecule has 1 aliphatic heterocycles. The number of carbonyl (C=O) groups excluding carboxylic acids is 1. The van der Waals surface area contributed by atoms with Gasteiger partial charge in [0.25, 0.3) is 5.91 Å². The molecule has 5 nitrogen and oxygen atoms in total. The summed E-state index contributed by atoms with van der Waals surface area (Å²) in [6.07, 6.45) is 7.34. The monoisotopic (exact) mass is 346 g/mol. The van der Waals surface area contributed by atoms with Gasteiger partial charge in [0, 0.05) is 35.8 Å². The van der Waals surface area contributed by atoms with E-state index in [2.05, 4.69) is 21.0 Å². The van der Waals surface area contributed by atoms with E-state index in [1.54, 1.807) is 0 Å². The maximum absolute atomic E-state index is 13.3. The van der Waals surface area contributed by atoms with E-state index in [4.69, 9.17) is 0 Å². The van der Waals surface area contributed by atoms with Gasteiger partial charge in [0.2, 0.25) is 0 Å². The number of amides is 1. The number of rotatable bonds is 2. The van der Waals surface area contributed by atoms with Crippen molar-refractivity contribution in [2.45, 2.75) is 52.1 Å². The number of nitrogens with zero attached hydrogens (tertiary/aromatic N) is 3. The predicted octanol–water partition coefficient (Wildman–Crippen LogP) is 3.56. The Morgan fingerprint density at radius 1 is 1.23 bits per heavy atom. The van der Waals surface area contributed by atoms with E-state index in [-0.39, 0.29) is 5.91 Å². The van der Waals surface area contributed by atoms with Crippen LogP contribution in [0, 0.1) is 0 Å². The lowest BCUT2D eigenvalue weighted by atomic mass is 9.95. The highest BCUT2D eigenvalue weighted by Gasteiger charge is 2.28. The topological polar surface area (TPSA) is 61.9 Å². The third-order valence-electron chi connectivity index (χ3n) is 5.67. The van der Waals surface area contributed by atoms with Crippen LogP contribution >= 0.6 is 0 Å². The minimum absolute atomic E-state index is 0.0743. The molecule has 1 aliphatic carbocycles. The second kappa shape index (κ2) is 5.94. The van der Waals surface area contributed by atoms with Gasteiger partial charge in [-0.3, -0.25) is 4.79 Å². The summed E-state index contributed by atoms with van der Waals surface area (Å²) in [5, 5.41) is 1.22. The first kappa shape index (κ1) is 15.6. The number of H-pyrrole nitrogens is 1. The van der Waals surface area contributed by atoms with Crippen molar-refractivity contribution < 1.29 is 4.79 Å². The van der Waals surface area contributed by atoms with Crippen LogP contribution in [0.2, 0.25) is 0 Å². The Kier molecular flexibility index (Phi) is 3.55. The molecule has 1 amide bonds. The Morgan fingerprint density at radius 3 is 3.00 bits per heavy atom. The van der Waals surface area contributed by atoms with Crippen molar-refractivity contribution in [3.8, 4) is 0 Å². The van der Waals surface area contributed by atoms with Crippen molar-refractivity contribution in [2.24, 2.45) is 0 Å². The van der Waals surface area contributed by atoms with Gasteiger partial charge in [-0.2, -0.15) is 0 Å². The van der Waals surface area contributed by atoms with E-state index in [9.17, 15) is 4.79 Å². The summed E-state index contributed by atoms with van der Waals surface area (Å²) in [7, 11) is 0. The maximum atomic E-state index is 13.3. The molecule has 0 spiro atoms. The molecule has 132 valence electrons. The fraction of sp³-hybridized carbons (Fsp3) is 0.381. The summed E-state index contributed by atoms with van der Waals surface area (Å²) in [6, 6.07) is 6.10. The molecule has 0 fully saturated rings. The maximum Gasteiger partial charge on any atom is 0.256 e. The fourth-order valence-corrected chi connectivity index (χ4v) is 4.29. The second-order valence-corrected chi connectivity index (χ2v) is 7.29. The molecule has 1 N–H and O–H groups in total. The Balaban J connectivity index is 1.51. The molecule has 3 aromatic rings. The highest BCUT2D eigenvalue weighted by molar-refractivity contribution is 6.07. The van der Waals surface area contributed by atoms with E-state index >= 15 is 0 Å². The third-order valence-corrected chi connectivity index (χ3v) is 5.67. The lowest BCUT2D eigenvalue weighted by molar-refractivity contribution is 0.0752. The molecule has 0 bridgehead atoms. The molecular formula is C21H22N4O. The Bertz CT molecular complexity index is 1020. The minimum Gasteiger partial charge on any atom is -0.358 e. The lowest BCUT2D eigenvalue weighted by Gasteiger charge is -2.15. The number of para-hydroxylation sites is 1. The van der Waals surface area contributed by atoms with Crippen molar-refractivity contribution in [3.05, 3.63) is 58.3 Å². The number of hydrogen-bond acceptors (Lipinski definition) is 3. The number of carbonyl (C=O) groups is 1. The van der Waals surface area contributed by atoms with Crippen LogP contribution in [-0.4, -0.2) is 25.8 Å². The number of aromatic nitrogens is 3. The Hall–Kier alpha value is -2.69. The summed E-state index contributed by atoms with van der Waals surface area (Å²) in [6.45, 7) is 3.21. The van der Waals surface area contributed by atoms with Crippen molar-refractivity contribution in [1.82, 2.24) is 19.9 Å². The summed E-state index contributed by atoms with van der Waals surface area (Å²) in [5.41, 5.74) is 6.55. The molecule has 2 aromatic heterocycles. The highest BCUT2D eigenvalue weighted by atomic mass is 16.2. The van der Waals surface area contributed by atoms with Gasteiger partial charge >= 0.3 is 0 Å². The van der Waals surface area contributed by atoms with E-state index < -0.39 is 0 Å². The molecule has 0 saturated carbocycles. The van der Waals surface area contributed by atoms with Crippen molar-refractivity contribution in [2.75, 3.05) is 0 Å². The van der Waals surface area contributed by atoms with Crippen LogP contribution in [0.5, 0.6) is 0 Å². The van der Waals surface area contributed by atoms with Gasteiger partial charge in [-0.1, -0.05) is 19.1 Å². The third kappa shape index (κ3) is 2.34. The molecule has 0 radical (unpaired) electrons. The van der Waals surface area contributed by atoms with Gasteiger partial charge in [-0.15, -0.1) is 0 Å². The van der Waals surface area contributed by atoms with Gasteiger partial charge in [-0.25, -0.2) is 9.97 Å². The largest absolute Gasteiger partial charge is 0.358 e. The van der Waals surface area contributed by atoms with Gasteiger partial charge in [-0.05, 0) is 37.3 Å². The molecule has 0 unspecified atom stereocenters. The zero-order chi connectivity index (χ0) is 17.7. The van der Waals surface area contributed by atoms with E-state index in [1.165, 1.54) is 29.5 Å². The molecule has 1 aromatic carbocycles. The first-order chi connectivity index (χ1) is 12.7. The molecule has 0 saturated heterocycles. The van der Waals surface area contributed by atoms with Crippen LogP contribution in [0.15, 0.2) is 24.4 Å². The molecule has 0 atom stereocenters. The second-order valence-electron chi connectivity index (χ2n) is 7.29. The summed E-state index contributed by atoms with van der Waals surface area (Å²) in [5.74, 6) is 0.919. The molecule has 5 heteroatoms. The predicted molar refractivity (Wildman–Crippen MR) is 99.9 cm³/mol. The Labute approximate surface area is 152 Å². The quantitative estimate of drug-likeness (QED) is 0.772. The van der Waals surface area contributed by atoms with Crippen LogP contribution in [0.4, 0.5) is 0 Å². The lowest BCUT2D eigenvalue weighted by Crippen LogP contribution is -2.25. The average Bonchev–Trinajstić information content (AvgIpc) is 3.27. The number of aromatic amines is 1. The van der Waals surface area contributed by atoms with Gasteiger partial charge in [0.05, 0.1) is 23.3 Å². The standard InChI is InChI=1S/C21H22N4O/c1-2-19-22-10-13-11-25(12-18(13)23-19)21(26)16-8-5-7-15-14-6-3-4-9-17(14)24-20(15)16/h5,7-8,10,24H,2-4,6,9,11-12H2,1H3. The first-order valence-corrected chi connectivity index (χ1v) is 9.50. The minimum atomic E-state index is 0.0743. The van der Waals surface area contributed by atoms with Crippen LogP contribution in [0.1, 0.15) is 58.5 Å². The van der Waals surface area contributed by atoms with Gasteiger partial charge in [0.1, 0.15) is 5.82 Å². The molecular weight excluding hydrogens is 324 g/mol. The van der Waals surface area contributed by atoms with Crippen LogP contribution < -0.4 is 0 Å². The normalized spacial score (nSPS) is 16.0. The number of benzene rings is 1. The molecule has 5 rings (SSSR count). The van der Waals surface area contributed by atoms with Crippen LogP contribution in [0.3, 0.4) is 0 Å². The number of nitrogens with one attached hydrogen (secondary N) is 1. The van der Waals surface area contributed by atoms with Crippen molar-refractivity contribution >= 4 is 16.8 Å². The molecule has 2 aliphatic rings. The van der Waals surface area contributed by atoms with Crippen LogP contribution in [0.25, 0.3) is 10.9 Å². The van der Waals surface area contributed by atoms with Gasteiger partial charge in [0.15, 0.2) is 0 Å². The SMILES string of the molecule is CCc1ncc2c(n1)CN(C(=O)c1cccc3c4c([nH]c13)CCCC4)C2. The zero-order valence-electron chi connectivity index (χ0n) is 15.0. The summed E-state index contributed by atoms with van der Waals surface area (Å²) >= 11 is 0. The smallest absolute Gasteiger partial charge is 0.256 e. The van der Waals surface area contributed by atoms with Crippen molar-refractivity contribution in [1.29, 1.82) is 0 Å². The Morgan fingerprint density at radius 2 is 2.12 bits per heavy atom. The fourth-order valence-electron chi connectivity index (χ4n) is 4.29. The van der Waals surface area contributed by atoms with E-state index in [0.29, 0.717) is 13.1 Å². The molecule has 3 heterocycles. The summed E-state index contributed by atoms with van der Waals surface area (Å²) in [4.78, 5) is 27.7. The molecule has 26 heavy (non-hydrogen) atoms. The average molecular weight is 346 g/mol. The number of aryl methyl sites for hydroxylation is 3. The van der Waals surface area contributed by atoms with Gasteiger partial charge < -0.3 is 9.88 Å². The first-order valence-electron chi connectivity index (χ1n) is 9.50. The van der Waals surface area contributed by atoms with Crippen LogP contribution in [-0.2, 0) is 32.4 Å². The highest BCUT2D eigenvalue weighted by Crippen LogP contribution is 2.32. The van der Waals surface area contributed by atoms with Crippen molar-refractivity contribution in [3.63, 3.8) is 0 Å². The zero-order valence-corrected chi connectivity index (χ0v) is 15.0. The number of fused-ring (bicyclic) bond motifs is 4. The van der Waals surface area contributed by atoms with E-state index in [0.717, 1.165) is 47.4 Å². The number of hydrogen-bond donors (Lipinski definition) is 1.